The van der Waals surface area contributed by atoms with Gasteiger partial charge in [0.2, 0.25) is 0 Å². The van der Waals surface area contributed by atoms with Crippen LogP contribution in [0.2, 0.25) is 0 Å². The Morgan fingerprint density at radius 1 is 1.10 bits per heavy atom. The average molecular weight is 408 g/mol. The van der Waals surface area contributed by atoms with E-state index in [1.165, 1.54) is 13.0 Å². The Morgan fingerprint density at radius 3 is 2.28 bits per heavy atom. The molecule has 29 heavy (non-hydrogen) atoms. The summed E-state index contributed by atoms with van der Waals surface area (Å²) < 4.78 is 10.8. The van der Waals surface area contributed by atoms with E-state index < -0.39 is 30.1 Å². The van der Waals surface area contributed by atoms with Gasteiger partial charge < -0.3 is 29.9 Å². The SMILES string of the molecule is C=C(C(=O)O)C(C=C(C)C(=O)O)(Cc1ccccc1)C(CO)OCCOCCO. The number of hydrogen-bond acceptors (Lipinski definition) is 6. The molecule has 4 N–H and O–H groups in total. The molecule has 0 bridgehead atoms. The highest BCUT2D eigenvalue weighted by Crippen LogP contribution is 2.39. The molecule has 8 heteroatoms. The molecule has 0 fully saturated rings. The summed E-state index contributed by atoms with van der Waals surface area (Å²) in [6.45, 7) is 4.52. The third kappa shape index (κ3) is 7.10. The van der Waals surface area contributed by atoms with E-state index >= 15 is 0 Å². The van der Waals surface area contributed by atoms with Crippen molar-refractivity contribution in [3.05, 3.63) is 59.7 Å². The number of carbonyl (C=O) groups is 2. The van der Waals surface area contributed by atoms with Gasteiger partial charge in [0, 0.05) is 11.1 Å². The van der Waals surface area contributed by atoms with Gasteiger partial charge in [0.05, 0.1) is 44.6 Å². The number of carboxylic acid groups (broad SMARTS) is 2. The van der Waals surface area contributed by atoms with Gasteiger partial charge in [-0.2, -0.15) is 0 Å². The molecule has 1 aromatic rings. The van der Waals surface area contributed by atoms with Crippen LogP contribution in [-0.2, 0) is 25.5 Å². The predicted octanol–water partition coefficient (Wildman–Crippen LogP) is 1.27. The zero-order chi connectivity index (χ0) is 21.9. The van der Waals surface area contributed by atoms with Crippen molar-refractivity contribution < 1.29 is 39.5 Å². The highest BCUT2D eigenvalue weighted by atomic mass is 16.5. The summed E-state index contributed by atoms with van der Waals surface area (Å²) in [5, 5.41) is 37.8. The zero-order valence-corrected chi connectivity index (χ0v) is 16.4. The Balaban J connectivity index is 3.39. The van der Waals surface area contributed by atoms with E-state index in [0.717, 1.165) is 5.56 Å². The first kappa shape index (κ1) is 24.5. The summed E-state index contributed by atoms with van der Waals surface area (Å²) in [4.78, 5) is 23.3. The van der Waals surface area contributed by atoms with E-state index in [1.807, 2.05) is 0 Å². The second kappa shape index (κ2) is 12.1. The van der Waals surface area contributed by atoms with E-state index in [2.05, 4.69) is 6.58 Å². The van der Waals surface area contributed by atoms with Crippen molar-refractivity contribution in [2.75, 3.05) is 33.0 Å². The lowest BCUT2D eigenvalue weighted by atomic mass is 9.70. The Hall–Kier alpha value is -2.52. The predicted molar refractivity (Wildman–Crippen MR) is 105 cm³/mol. The van der Waals surface area contributed by atoms with Gasteiger partial charge in [-0.3, -0.25) is 0 Å². The molecule has 0 amide bonds. The van der Waals surface area contributed by atoms with Crippen LogP contribution >= 0.6 is 0 Å². The van der Waals surface area contributed by atoms with Crippen molar-refractivity contribution in [3.8, 4) is 0 Å². The summed E-state index contributed by atoms with van der Waals surface area (Å²) in [7, 11) is 0. The standard InChI is InChI=1S/C21H28O8/c1-15(19(24)25)12-21(16(2)20(26)27,13-17-6-4-3-5-7-17)18(14-23)29-11-10-28-9-8-22/h3-7,12,18,22-23H,2,8-11,13-14H2,1H3,(H,24,25)(H,26,27). The molecule has 0 radical (unpaired) electrons. The number of benzene rings is 1. The summed E-state index contributed by atoms with van der Waals surface area (Å²) in [6.07, 6.45) is 0.263. The number of rotatable bonds is 14. The number of aliphatic carboxylic acids is 2. The molecule has 0 aliphatic rings. The lowest BCUT2D eigenvalue weighted by molar-refractivity contribution is -0.136. The minimum Gasteiger partial charge on any atom is -0.478 e. The van der Waals surface area contributed by atoms with Crippen molar-refractivity contribution in [1.29, 1.82) is 0 Å². The maximum Gasteiger partial charge on any atom is 0.331 e. The quantitative estimate of drug-likeness (QED) is 0.267. The minimum absolute atomic E-state index is 0.00856. The maximum atomic E-state index is 11.9. The fraction of sp³-hybridized carbons (Fsp3) is 0.429. The molecular weight excluding hydrogens is 380 g/mol. The Kier molecular flexibility index (Phi) is 10.3. The summed E-state index contributed by atoms with van der Waals surface area (Å²) in [5.41, 5.74) is -1.18. The van der Waals surface area contributed by atoms with Crippen LogP contribution in [0.5, 0.6) is 0 Å². The van der Waals surface area contributed by atoms with Gasteiger partial charge in [0.1, 0.15) is 0 Å². The molecule has 0 aromatic heterocycles. The van der Waals surface area contributed by atoms with Gasteiger partial charge in [-0.05, 0) is 18.9 Å². The lowest BCUT2D eigenvalue weighted by Crippen LogP contribution is -2.44. The Labute approximate surface area is 169 Å². The van der Waals surface area contributed by atoms with Crippen molar-refractivity contribution in [1.82, 2.24) is 0 Å². The van der Waals surface area contributed by atoms with Crippen LogP contribution in [-0.4, -0.2) is 71.5 Å². The summed E-state index contributed by atoms with van der Waals surface area (Å²) >= 11 is 0. The third-order valence-electron chi connectivity index (χ3n) is 4.49. The molecule has 2 unspecified atom stereocenters. The van der Waals surface area contributed by atoms with Gasteiger partial charge in [-0.25, -0.2) is 9.59 Å². The maximum absolute atomic E-state index is 11.9. The number of aliphatic hydroxyl groups excluding tert-OH is 2. The fourth-order valence-electron chi connectivity index (χ4n) is 3.01. The van der Waals surface area contributed by atoms with Gasteiger partial charge in [0.15, 0.2) is 0 Å². The normalized spacial score (nSPS) is 14.8. The van der Waals surface area contributed by atoms with Crippen LogP contribution in [0.15, 0.2) is 54.1 Å². The molecule has 2 atom stereocenters. The van der Waals surface area contributed by atoms with Crippen LogP contribution in [0.4, 0.5) is 0 Å². The largest absolute Gasteiger partial charge is 0.478 e. The highest BCUT2D eigenvalue weighted by molar-refractivity contribution is 5.90. The first-order valence-electron chi connectivity index (χ1n) is 9.09. The second-order valence-corrected chi connectivity index (χ2v) is 6.50. The molecule has 1 rings (SSSR count). The second-order valence-electron chi connectivity index (χ2n) is 6.50. The minimum atomic E-state index is -1.51. The average Bonchev–Trinajstić information content (AvgIpc) is 2.70. The van der Waals surface area contributed by atoms with Crippen molar-refractivity contribution in [2.24, 2.45) is 5.41 Å². The molecule has 8 nitrogen and oxygen atoms in total. The van der Waals surface area contributed by atoms with Crippen LogP contribution in [0.1, 0.15) is 12.5 Å². The van der Waals surface area contributed by atoms with E-state index in [4.69, 9.17) is 14.6 Å². The number of aliphatic hydroxyl groups is 2. The van der Waals surface area contributed by atoms with Gasteiger partial charge in [0.25, 0.3) is 0 Å². The topological polar surface area (TPSA) is 134 Å². The highest BCUT2D eigenvalue weighted by Gasteiger charge is 2.43. The van der Waals surface area contributed by atoms with Crippen LogP contribution < -0.4 is 0 Å². The van der Waals surface area contributed by atoms with Crippen molar-refractivity contribution >= 4 is 11.9 Å². The smallest absolute Gasteiger partial charge is 0.331 e. The van der Waals surface area contributed by atoms with E-state index in [0.29, 0.717) is 0 Å². The first-order chi connectivity index (χ1) is 13.8. The number of ether oxygens (including phenoxy) is 2. The Morgan fingerprint density at radius 2 is 1.76 bits per heavy atom. The molecule has 0 saturated heterocycles. The van der Waals surface area contributed by atoms with Gasteiger partial charge in [-0.1, -0.05) is 43.0 Å². The third-order valence-corrected chi connectivity index (χ3v) is 4.49. The van der Waals surface area contributed by atoms with Crippen LogP contribution in [0.25, 0.3) is 0 Å². The fourth-order valence-corrected chi connectivity index (χ4v) is 3.01. The monoisotopic (exact) mass is 408 g/mol. The molecule has 160 valence electrons. The van der Waals surface area contributed by atoms with Crippen molar-refractivity contribution in [2.45, 2.75) is 19.4 Å². The van der Waals surface area contributed by atoms with Crippen LogP contribution in [0, 0.1) is 5.41 Å². The molecule has 0 aliphatic carbocycles. The zero-order valence-electron chi connectivity index (χ0n) is 16.4. The van der Waals surface area contributed by atoms with E-state index in [1.54, 1.807) is 30.3 Å². The molecule has 1 aromatic carbocycles. The lowest BCUT2D eigenvalue weighted by Gasteiger charge is -2.38. The Bertz CT molecular complexity index is 713. The number of hydrogen-bond donors (Lipinski definition) is 4. The molecule has 0 aliphatic heterocycles. The summed E-state index contributed by atoms with van der Waals surface area (Å²) in [5.74, 6) is -2.54. The van der Waals surface area contributed by atoms with Gasteiger partial charge in [-0.15, -0.1) is 0 Å². The van der Waals surface area contributed by atoms with E-state index in [9.17, 15) is 24.9 Å². The van der Waals surface area contributed by atoms with Gasteiger partial charge >= 0.3 is 11.9 Å². The summed E-state index contributed by atoms with van der Waals surface area (Å²) in [6, 6.07) is 8.89. The molecule has 0 saturated carbocycles. The molecule has 0 spiro atoms. The van der Waals surface area contributed by atoms with E-state index in [-0.39, 0.29) is 44.0 Å². The van der Waals surface area contributed by atoms with Crippen molar-refractivity contribution in [3.63, 3.8) is 0 Å². The van der Waals surface area contributed by atoms with Crippen LogP contribution in [0.3, 0.4) is 0 Å². The molecule has 0 heterocycles. The number of carboxylic acids is 2. The first-order valence-corrected chi connectivity index (χ1v) is 9.09. The molecular formula is C21H28O8.